The van der Waals surface area contributed by atoms with Gasteiger partial charge < -0.3 is 14.6 Å². The molecule has 0 radical (unpaired) electrons. The molecule has 1 heterocycles. The summed E-state index contributed by atoms with van der Waals surface area (Å²) in [7, 11) is 0. The van der Waals surface area contributed by atoms with Crippen LogP contribution in [0.5, 0.6) is 0 Å². The molecule has 0 bridgehead atoms. The Morgan fingerprint density at radius 2 is 2.18 bits per heavy atom. The Balaban J connectivity index is 2.17. The molecule has 0 aromatic heterocycles. The fraction of sp³-hybridized carbons (Fsp3) is 0.462. The lowest BCUT2D eigenvalue weighted by atomic mass is 10.0. The van der Waals surface area contributed by atoms with Crippen LogP contribution < -0.4 is 0 Å². The molecule has 1 N–H and O–H groups in total. The maximum absolute atomic E-state index is 11.0. The highest BCUT2D eigenvalue weighted by Gasteiger charge is 2.33. The van der Waals surface area contributed by atoms with E-state index >= 15 is 0 Å². The third-order valence-electron chi connectivity index (χ3n) is 3.23. The van der Waals surface area contributed by atoms with Gasteiger partial charge in [0.2, 0.25) is 0 Å². The van der Waals surface area contributed by atoms with Gasteiger partial charge in [0, 0.05) is 12.6 Å². The van der Waals surface area contributed by atoms with Crippen LogP contribution in [-0.4, -0.2) is 41.8 Å². The zero-order valence-corrected chi connectivity index (χ0v) is 9.82. The van der Waals surface area contributed by atoms with Gasteiger partial charge in [-0.3, -0.25) is 4.90 Å². The summed E-state index contributed by atoms with van der Waals surface area (Å²) in [5.74, 6) is 0. The van der Waals surface area contributed by atoms with Gasteiger partial charge in [-0.1, -0.05) is 30.3 Å². The van der Waals surface area contributed by atoms with Gasteiger partial charge in [0.05, 0.1) is 6.61 Å². The number of carbonyl (C=O) groups is 1. The minimum absolute atomic E-state index is 0.0879. The minimum Gasteiger partial charge on any atom is -0.366 e. The molecule has 1 aromatic carbocycles. The number of ether oxygens (including phenoxy) is 1. The molecule has 3 atom stereocenters. The van der Waals surface area contributed by atoms with E-state index in [0.29, 0.717) is 13.2 Å². The summed E-state index contributed by atoms with van der Waals surface area (Å²) in [5.41, 5.74) is 1.13. The van der Waals surface area contributed by atoms with Crippen LogP contribution in [0.3, 0.4) is 0 Å². The van der Waals surface area contributed by atoms with Crippen LogP contribution >= 0.6 is 0 Å². The fourth-order valence-electron chi connectivity index (χ4n) is 2.21. The van der Waals surface area contributed by atoms with Crippen LogP contribution in [0.15, 0.2) is 30.3 Å². The first-order chi connectivity index (χ1) is 8.24. The molecule has 2 unspecified atom stereocenters. The largest absolute Gasteiger partial charge is 0.366 e. The molecule has 0 spiro atoms. The molecule has 0 aliphatic carbocycles. The van der Waals surface area contributed by atoms with Crippen LogP contribution in [0.2, 0.25) is 0 Å². The molecule has 1 aliphatic rings. The van der Waals surface area contributed by atoms with E-state index in [0.717, 1.165) is 11.8 Å². The highest BCUT2D eigenvalue weighted by Crippen LogP contribution is 2.25. The van der Waals surface area contributed by atoms with Crippen molar-refractivity contribution in [2.24, 2.45) is 0 Å². The van der Waals surface area contributed by atoms with E-state index in [1.54, 1.807) is 0 Å². The second kappa shape index (κ2) is 5.40. The number of hydrogen-bond donors (Lipinski definition) is 1. The predicted molar refractivity (Wildman–Crippen MR) is 63.4 cm³/mol. The number of aliphatic hydroxyl groups is 1. The molecule has 1 aromatic rings. The van der Waals surface area contributed by atoms with Gasteiger partial charge >= 0.3 is 0 Å². The Labute approximate surface area is 101 Å². The standard InChI is InChI=1S/C13H17NO3/c1-10(11-5-3-2-4-6-11)14-7-8-17-13(16)12(14)9-15/h2-6,9-10,12-13,16H,7-8H2,1H3/t10-,12?,13?/m0/s1. The van der Waals surface area contributed by atoms with E-state index in [1.165, 1.54) is 0 Å². The van der Waals surface area contributed by atoms with E-state index in [9.17, 15) is 9.90 Å². The lowest BCUT2D eigenvalue weighted by Crippen LogP contribution is -2.52. The first kappa shape index (κ1) is 12.2. The van der Waals surface area contributed by atoms with Gasteiger partial charge in [0.15, 0.2) is 6.29 Å². The maximum atomic E-state index is 11.0. The lowest BCUT2D eigenvalue weighted by Gasteiger charge is -2.39. The molecule has 1 saturated heterocycles. The molecule has 92 valence electrons. The number of rotatable bonds is 3. The monoisotopic (exact) mass is 235 g/mol. The van der Waals surface area contributed by atoms with Gasteiger partial charge in [-0.2, -0.15) is 0 Å². The minimum atomic E-state index is -1.02. The number of aldehydes is 1. The summed E-state index contributed by atoms with van der Waals surface area (Å²) in [6.45, 7) is 3.13. The summed E-state index contributed by atoms with van der Waals surface area (Å²) in [4.78, 5) is 13.0. The van der Waals surface area contributed by atoms with Crippen molar-refractivity contribution in [1.82, 2.24) is 4.90 Å². The number of aliphatic hydroxyl groups excluding tert-OH is 1. The molecule has 0 amide bonds. The molecular formula is C13H17NO3. The van der Waals surface area contributed by atoms with Crippen molar-refractivity contribution in [2.75, 3.05) is 13.2 Å². The van der Waals surface area contributed by atoms with Crippen LogP contribution in [-0.2, 0) is 9.53 Å². The SMILES string of the molecule is C[C@@H](c1ccccc1)N1CCOC(O)C1C=O. The zero-order valence-electron chi connectivity index (χ0n) is 9.82. The van der Waals surface area contributed by atoms with Crippen molar-refractivity contribution in [3.05, 3.63) is 35.9 Å². The summed E-state index contributed by atoms with van der Waals surface area (Å²) in [5, 5.41) is 9.64. The highest BCUT2D eigenvalue weighted by molar-refractivity contribution is 5.58. The van der Waals surface area contributed by atoms with E-state index in [1.807, 2.05) is 42.2 Å². The van der Waals surface area contributed by atoms with Crippen molar-refractivity contribution in [3.63, 3.8) is 0 Å². The molecule has 17 heavy (non-hydrogen) atoms. The highest BCUT2D eigenvalue weighted by atomic mass is 16.6. The zero-order chi connectivity index (χ0) is 12.3. The fourth-order valence-corrected chi connectivity index (χ4v) is 2.21. The molecular weight excluding hydrogens is 218 g/mol. The first-order valence-electron chi connectivity index (χ1n) is 5.79. The van der Waals surface area contributed by atoms with Crippen molar-refractivity contribution in [2.45, 2.75) is 25.3 Å². The smallest absolute Gasteiger partial charge is 0.177 e. The molecule has 1 aliphatic heterocycles. The number of hydrogen-bond acceptors (Lipinski definition) is 4. The number of nitrogens with zero attached hydrogens (tertiary/aromatic N) is 1. The second-order valence-corrected chi connectivity index (χ2v) is 4.21. The van der Waals surface area contributed by atoms with Gasteiger partial charge in [-0.05, 0) is 12.5 Å². The number of carbonyl (C=O) groups excluding carboxylic acids is 1. The topological polar surface area (TPSA) is 49.8 Å². The third kappa shape index (κ3) is 2.54. The summed E-state index contributed by atoms with van der Waals surface area (Å²) >= 11 is 0. The van der Waals surface area contributed by atoms with E-state index in [-0.39, 0.29) is 6.04 Å². The summed E-state index contributed by atoms with van der Waals surface area (Å²) < 4.78 is 5.08. The summed E-state index contributed by atoms with van der Waals surface area (Å²) in [6.07, 6.45) is -0.268. The van der Waals surface area contributed by atoms with Crippen LogP contribution in [0.4, 0.5) is 0 Å². The quantitative estimate of drug-likeness (QED) is 0.793. The van der Waals surface area contributed by atoms with E-state index in [4.69, 9.17) is 4.74 Å². The first-order valence-corrected chi connectivity index (χ1v) is 5.79. The molecule has 0 saturated carbocycles. The van der Waals surface area contributed by atoms with Crippen molar-refractivity contribution in [3.8, 4) is 0 Å². The van der Waals surface area contributed by atoms with Gasteiger partial charge in [0.1, 0.15) is 12.3 Å². The van der Waals surface area contributed by atoms with Gasteiger partial charge in [0.25, 0.3) is 0 Å². The molecule has 2 rings (SSSR count). The normalized spacial score (nSPS) is 27.6. The Hall–Kier alpha value is -1.23. The average molecular weight is 235 g/mol. The number of morpholine rings is 1. The Morgan fingerprint density at radius 1 is 1.47 bits per heavy atom. The van der Waals surface area contributed by atoms with E-state index in [2.05, 4.69) is 0 Å². The van der Waals surface area contributed by atoms with Crippen LogP contribution in [0.1, 0.15) is 18.5 Å². The van der Waals surface area contributed by atoms with Crippen molar-refractivity contribution in [1.29, 1.82) is 0 Å². The number of benzene rings is 1. The van der Waals surface area contributed by atoms with E-state index < -0.39 is 12.3 Å². The van der Waals surface area contributed by atoms with Gasteiger partial charge in [-0.15, -0.1) is 0 Å². The summed E-state index contributed by atoms with van der Waals surface area (Å²) in [6, 6.07) is 9.45. The molecule has 4 nitrogen and oxygen atoms in total. The van der Waals surface area contributed by atoms with Crippen LogP contribution in [0.25, 0.3) is 0 Å². The molecule has 1 fully saturated rings. The van der Waals surface area contributed by atoms with Gasteiger partial charge in [-0.25, -0.2) is 0 Å². The average Bonchev–Trinajstić information content (AvgIpc) is 2.38. The third-order valence-corrected chi connectivity index (χ3v) is 3.23. The Bertz CT molecular complexity index is 368. The Kier molecular flexibility index (Phi) is 3.89. The maximum Gasteiger partial charge on any atom is 0.177 e. The van der Waals surface area contributed by atoms with Crippen LogP contribution in [0, 0.1) is 0 Å². The predicted octanol–water partition coefficient (Wildman–Crippen LogP) is 0.966. The molecule has 4 heteroatoms. The van der Waals surface area contributed by atoms with Crippen molar-refractivity contribution < 1.29 is 14.6 Å². The second-order valence-electron chi connectivity index (χ2n) is 4.21. The lowest BCUT2D eigenvalue weighted by molar-refractivity contribution is -0.184. The Morgan fingerprint density at radius 3 is 2.82 bits per heavy atom. The van der Waals surface area contributed by atoms with Crippen molar-refractivity contribution >= 4 is 6.29 Å².